The van der Waals surface area contributed by atoms with Gasteiger partial charge in [0.1, 0.15) is 10.8 Å². The largest absolute Gasteiger partial charge is 0.419 e. The lowest BCUT2D eigenvalue weighted by Crippen LogP contribution is -2.27. The average molecular weight is 394 g/mol. The van der Waals surface area contributed by atoms with E-state index in [0.717, 1.165) is 28.4 Å². The molecule has 0 fully saturated rings. The van der Waals surface area contributed by atoms with E-state index in [4.69, 9.17) is 0 Å². The number of hydrogen-bond acceptors (Lipinski definition) is 3. The van der Waals surface area contributed by atoms with E-state index in [9.17, 15) is 22.4 Å². The zero-order chi connectivity index (χ0) is 19.4. The minimum Gasteiger partial charge on any atom is -0.352 e. The first-order chi connectivity index (χ1) is 12.9. The standard InChI is InChI=1S/C19H14F4N2OS/c20-16-14(7-4-8-15(16)19(21,22)23)17(26)24-10-9-13-11-27-18(25-13)12-5-2-1-3-6-12/h1-8,11H,9-10H2,(H,24,26). The molecule has 8 heteroatoms. The molecule has 0 bridgehead atoms. The van der Waals surface area contributed by atoms with Crippen molar-refractivity contribution in [1.29, 1.82) is 0 Å². The SMILES string of the molecule is O=C(NCCc1csc(-c2ccccc2)n1)c1cccc(C(F)(F)F)c1F. The van der Waals surface area contributed by atoms with Crippen LogP contribution in [-0.4, -0.2) is 17.4 Å². The van der Waals surface area contributed by atoms with Crippen molar-refractivity contribution in [3.05, 3.63) is 76.5 Å². The van der Waals surface area contributed by atoms with Crippen LogP contribution in [0.3, 0.4) is 0 Å². The predicted octanol–water partition coefficient (Wildman–Crippen LogP) is 4.94. The summed E-state index contributed by atoms with van der Waals surface area (Å²) in [5.41, 5.74) is -0.372. The summed E-state index contributed by atoms with van der Waals surface area (Å²) in [7, 11) is 0. The highest BCUT2D eigenvalue weighted by Crippen LogP contribution is 2.32. The van der Waals surface area contributed by atoms with Crippen LogP contribution >= 0.6 is 11.3 Å². The summed E-state index contributed by atoms with van der Waals surface area (Å²) in [4.78, 5) is 16.5. The minimum absolute atomic E-state index is 0.131. The molecule has 0 aliphatic rings. The molecule has 0 aliphatic carbocycles. The molecule has 0 atom stereocenters. The zero-order valence-corrected chi connectivity index (χ0v) is 14.7. The zero-order valence-electron chi connectivity index (χ0n) is 13.9. The number of thiazole rings is 1. The number of carbonyl (C=O) groups is 1. The first-order valence-corrected chi connectivity index (χ1v) is 8.88. The quantitative estimate of drug-likeness (QED) is 0.623. The van der Waals surface area contributed by atoms with E-state index < -0.39 is 29.0 Å². The maximum atomic E-state index is 14.0. The molecule has 0 unspecified atom stereocenters. The summed E-state index contributed by atoms with van der Waals surface area (Å²) in [6.07, 6.45) is -4.47. The van der Waals surface area contributed by atoms with E-state index in [1.165, 1.54) is 11.3 Å². The van der Waals surface area contributed by atoms with E-state index in [2.05, 4.69) is 10.3 Å². The molecule has 0 spiro atoms. The third-order valence-corrected chi connectivity index (χ3v) is 4.73. The number of halogens is 4. The molecule has 140 valence electrons. The Labute approximate surface area is 156 Å². The van der Waals surface area contributed by atoms with Crippen LogP contribution in [0, 0.1) is 5.82 Å². The highest BCUT2D eigenvalue weighted by Gasteiger charge is 2.35. The number of amides is 1. The fourth-order valence-electron chi connectivity index (χ4n) is 2.46. The number of carbonyl (C=O) groups excluding carboxylic acids is 1. The van der Waals surface area contributed by atoms with Gasteiger partial charge in [-0.25, -0.2) is 9.37 Å². The number of alkyl halides is 3. The second kappa shape index (κ2) is 7.87. The summed E-state index contributed by atoms with van der Waals surface area (Å²) in [6.45, 7) is 0.131. The van der Waals surface area contributed by atoms with Crippen LogP contribution in [0.5, 0.6) is 0 Å². The molecule has 1 aromatic heterocycles. The molecule has 1 amide bonds. The van der Waals surface area contributed by atoms with E-state index in [1.807, 2.05) is 35.7 Å². The number of aromatic nitrogens is 1. The molecular formula is C19H14F4N2OS. The summed E-state index contributed by atoms with van der Waals surface area (Å²) in [5, 5.41) is 5.12. The average Bonchev–Trinajstić information content (AvgIpc) is 3.10. The Balaban J connectivity index is 1.62. The van der Waals surface area contributed by atoms with Crippen molar-refractivity contribution in [2.45, 2.75) is 12.6 Å². The van der Waals surface area contributed by atoms with Crippen LogP contribution in [0.15, 0.2) is 53.9 Å². The Morgan fingerprint density at radius 3 is 2.52 bits per heavy atom. The summed E-state index contributed by atoms with van der Waals surface area (Å²) < 4.78 is 52.2. The van der Waals surface area contributed by atoms with E-state index >= 15 is 0 Å². The van der Waals surface area contributed by atoms with Crippen LogP contribution in [-0.2, 0) is 12.6 Å². The molecule has 0 aliphatic heterocycles. The van der Waals surface area contributed by atoms with E-state index in [1.54, 1.807) is 0 Å². The number of hydrogen-bond donors (Lipinski definition) is 1. The molecule has 2 aromatic carbocycles. The van der Waals surface area contributed by atoms with Gasteiger partial charge in [0, 0.05) is 23.9 Å². The Morgan fingerprint density at radius 2 is 1.81 bits per heavy atom. The second-order valence-electron chi connectivity index (χ2n) is 5.68. The molecule has 27 heavy (non-hydrogen) atoms. The normalized spacial score (nSPS) is 11.4. The van der Waals surface area contributed by atoms with Crippen molar-refractivity contribution in [1.82, 2.24) is 10.3 Å². The Kier molecular flexibility index (Phi) is 5.55. The van der Waals surface area contributed by atoms with Crippen molar-refractivity contribution >= 4 is 17.2 Å². The molecular weight excluding hydrogens is 380 g/mol. The molecule has 0 saturated carbocycles. The van der Waals surface area contributed by atoms with Gasteiger partial charge in [0.05, 0.1) is 16.8 Å². The highest BCUT2D eigenvalue weighted by atomic mass is 32.1. The number of rotatable bonds is 5. The maximum absolute atomic E-state index is 14.0. The maximum Gasteiger partial charge on any atom is 0.419 e. The molecule has 3 aromatic rings. The smallest absolute Gasteiger partial charge is 0.352 e. The van der Waals surface area contributed by atoms with Crippen molar-refractivity contribution in [2.24, 2.45) is 0 Å². The molecule has 3 rings (SSSR count). The third-order valence-electron chi connectivity index (χ3n) is 3.79. The van der Waals surface area contributed by atoms with Gasteiger partial charge in [0.2, 0.25) is 0 Å². The topological polar surface area (TPSA) is 42.0 Å². The van der Waals surface area contributed by atoms with Crippen LogP contribution in [0.2, 0.25) is 0 Å². The van der Waals surface area contributed by atoms with Crippen LogP contribution in [0.1, 0.15) is 21.6 Å². The van der Waals surface area contributed by atoms with Gasteiger partial charge in [-0.15, -0.1) is 11.3 Å². The lowest BCUT2D eigenvalue weighted by Gasteiger charge is -2.11. The van der Waals surface area contributed by atoms with Crippen LogP contribution < -0.4 is 5.32 Å². The van der Waals surface area contributed by atoms with Crippen LogP contribution in [0.25, 0.3) is 10.6 Å². The number of benzene rings is 2. The van der Waals surface area contributed by atoms with Gasteiger partial charge in [0.15, 0.2) is 0 Å². The summed E-state index contributed by atoms with van der Waals surface area (Å²) >= 11 is 1.46. The molecule has 0 radical (unpaired) electrons. The minimum atomic E-state index is -4.85. The van der Waals surface area contributed by atoms with Crippen LogP contribution in [0.4, 0.5) is 17.6 Å². The van der Waals surface area contributed by atoms with Gasteiger partial charge in [-0.2, -0.15) is 13.2 Å². The lowest BCUT2D eigenvalue weighted by molar-refractivity contribution is -0.140. The van der Waals surface area contributed by atoms with Gasteiger partial charge in [0.25, 0.3) is 5.91 Å². The molecule has 0 saturated heterocycles. The number of nitrogens with one attached hydrogen (secondary N) is 1. The van der Waals surface area contributed by atoms with Crippen molar-refractivity contribution in [3.63, 3.8) is 0 Å². The van der Waals surface area contributed by atoms with E-state index in [0.29, 0.717) is 12.5 Å². The number of nitrogens with zero attached hydrogens (tertiary/aromatic N) is 1. The lowest BCUT2D eigenvalue weighted by atomic mass is 10.1. The van der Waals surface area contributed by atoms with Crippen molar-refractivity contribution < 1.29 is 22.4 Å². The molecule has 1 heterocycles. The van der Waals surface area contributed by atoms with Gasteiger partial charge in [-0.3, -0.25) is 4.79 Å². The van der Waals surface area contributed by atoms with Crippen molar-refractivity contribution in [3.8, 4) is 10.6 Å². The fourth-order valence-corrected chi connectivity index (χ4v) is 3.32. The first-order valence-electron chi connectivity index (χ1n) is 8.00. The van der Waals surface area contributed by atoms with Gasteiger partial charge >= 0.3 is 6.18 Å². The predicted molar refractivity (Wildman–Crippen MR) is 95.0 cm³/mol. The Bertz CT molecular complexity index is 938. The second-order valence-corrected chi connectivity index (χ2v) is 6.54. The van der Waals surface area contributed by atoms with Gasteiger partial charge in [-0.05, 0) is 12.1 Å². The van der Waals surface area contributed by atoms with Crippen molar-refractivity contribution in [2.75, 3.05) is 6.54 Å². The fraction of sp³-hybridized carbons (Fsp3) is 0.158. The summed E-state index contributed by atoms with van der Waals surface area (Å²) in [6, 6.07) is 12.2. The Morgan fingerprint density at radius 1 is 1.07 bits per heavy atom. The van der Waals surface area contributed by atoms with Gasteiger partial charge in [-0.1, -0.05) is 36.4 Å². The Hall–Kier alpha value is -2.74. The monoisotopic (exact) mass is 394 g/mol. The summed E-state index contributed by atoms with van der Waals surface area (Å²) in [5.74, 6) is -2.46. The third kappa shape index (κ3) is 4.51. The van der Waals surface area contributed by atoms with Gasteiger partial charge < -0.3 is 5.32 Å². The molecule has 3 nitrogen and oxygen atoms in total. The highest BCUT2D eigenvalue weighted by molar-refractivity contribution is 7.13. The molecule has 1 N–H and O–H groups in total. The first kappa shape index (κ1) is 19.0. The van der Waals surface area contributed by atoms with E-state index in [-0.39, 0.29) is 6.54 Å².